The normalized spacial score (nSPS) is 16.4. The molecule has 1 fully saturated rings. The Bertz CT molecular complexity index is 850. The van der Waals surface area contributed by atoms with Crippen LogP contribution in [0.5, 0.6) is 0 Å². The molecule has 26 heavy (non-hydrogen) atoms. The van der Waals surface area contributed by atoms with Crippen molar-refractivity contribution in [2.75, 3.05) is 18.0 Å². The highest BCUT2D eigenvalue weighted by atomic mass is 32.1. The molecular weight excluding hydrogens is 368 g/mol. The summed E-state index contributed by atoms with van der Waals surface area (Å²) in [7, 11) is 0. The van der Waals surface area contributed by atoms with E-state index in [4.69, 9.17) is 11.6 Å². The molecule has 1 aliphatic rings. The van der Waals surface area contributed by atoms with Gasteiger partial charge in [-0.1, -0.05) is 32.1 Å². The van der Waals surface area contributed by atoms with E-state index in [2.05, 4.69) is 45.1 Å². The number of thiazole rings is 1. The van der Waals surface area contributed by atoms with Crippen molar-refractivity contribution in [2.45, 2.75) is 52.1 Å². The molecule has 0 spiro atoms. The van der Waals surface area contributed by atoms with Crippen LogP contribution in [-0.2, 0) is 5.41 Å². The summed E-state index contributed by atoms with van der Waals surface area (Å²) in [5.74, 6) is 0. The maximum absolute atomic E-state index is 9.72. The van der Waals surface area contributed by atoms with Crippen LogP contribution in [0.25, 0.3) is 4.85 Å². The fourth-order valence-corrected chi connectivity index (χ4v) is 4.51. The number of aliphatic hydroxyl groups is 1. The zero-order valence-electron chi connectivity index (χ0n) is 15.4. The van der Waals surface area contributed by atoms with Gasteiger partial charge in [-0.25, -0.2) is 14.2 Å². The van der Waals surface area contributed by atoms with E-state index < -0.39 is 0 Å². The third kappa shape index (κ3) is 3.92. The van der Waals surface area contributed by atoms with Gasteiger partial charge in [0.25, 0.3) is 0 Å². The molecule has 2 aromatic heterocycles. The van der Waals surface area contributed by atoms with Crippen molar-refractivity contribution in [1.82, 2.24) is 9.36 Å². The number of aromatic nitrogens is 2. The lowest BCUT2D eigenvalue weighted by molar-refractivity contribution is 0.145. The van der Waals surface area contributed by atoms with E-state index in [0.717, 1.165) is 41.8 Å². The van der Waals surface area contributed by atoms with E-state index in [9.17, 15) is 5.11 Å². The van der Waals surface area contributed by atoms with Crippen molar-refractivity contribution in [3.8, 4) is 0 Å². The molecule has 9 heteroatoms. The van der Waals surface area contributed by atoms with Gasteiger partial charge in [0.15, 0.2) is 15.1 Å². The van der Waals surface area contributed by atoms with E-state index in [0.29, 0.717) is 16.4 Å². The van der Waals surface area contributed by atoms with Gasteiger partial charge in [-0.05, 0) is 31.3 Å². The average Bonchev–Trinajstić information content (AvgIpc) is 3.16. The first kappa shape index (κ1) is 18.9. The Labute approximate surface area is 161 Å². The lowest BCUT2D eigenvalue weighted by atomic mass is 9.93. The van der Waals surface area contributed by atoms with Crippen LogP contribution in [0.3, 0.4) is 0 Å². The van der Waals surface area contributed by atoms with E-state index in [-0.39, 0.29) is 11.5 Å². The van der Waals surface area contributed by atoms with Crippen LogP contribution in [-0.4, -0.2) is 33.7 Å². The zero-order chi connectivity index (χ0) is 18.9. The van der Waals surface area contributed by atoms with Crippen LogP contribution in [0.15, 0.2) is 10.2 Å². The molecule has 0 aromatic carbocycles. The molecule has 2 aromatic rings. The highest BCUT2D eigenvalue weighted by Crippen LogP contribution is 2.43. The second-order valence-corrected chi connectivity index (χ2v) is 9.06. The summed E-state index contributed by atoms with van der Waals surface area (Å²) in [5, 5.41) is 20.7. The standard InChI is InChI=1S/C17H22N6OS2/c1-10-12(18-5)14(26-22-10)20-21-15-13(17(2,3)4)19-16(25-15)23-8-6-11(24)7-9-23/h11,24H,6-9H2,1-4H3/b21-20+. The van der Waals surface area contributed by atoms with Crippen molar-refractivity contribution in [3.05, 3.63) is 22.8 Å². The molecule has 1 saturated heterocycles. The van der Waals surface area contributed by atoms with Gasteiger partial charge >= 0.3 is 0 Å². The van der Waals surface area contributed by atoms with E-state index in [1.165, 1.54) is 22.9 Å². The van der Waals surface area contributed by atoms with Crippen LogP contribution in [0, 0.1) is 13.5 Å². The number of hydrogen-bond donors (Lipinski definition) is 1. The molecule has 0 aliphatic carbocycles. The summed E-state index contributed by atoms with van der Waals surface area (Å²) < 4.78 is 4.19. The van der Waals surface area contributed by atoms with Gasteiger partial charge in [-0.2, -0.15) is 0 Å². The predicted octanol–water partition coefficient (Wildman–Crippen LogP) is 5.13. The average molecular weight is 391 g/mol. The molecule has 0 unspecified atom stereocenters. The summed E-state index contributed by atoms with van der Waals surface area (Å²) >= 11 is 2.70. The Hall–Kier alpha value is -1.89. The van der Waals surface area contributed by atoms with Gasteiger partial charge in [-0.15, -0.1) is 10.2 Å². The molecule has 138 valence electrons. The summed E-state index contributed by atoms with van der Waals surface area (Å²) in [4.78, 5) is 10.5. The molecule has 1 N–H and O–H groups in total. The number of nitrogens with zero attached hydrogens (tertiary/aromatic N) is 6. The van der Waals surface area contributed by atoms with Crippen molar-refractivity contribution in [3.63, 3.8) is 0 Å². The molecule has 3 rings (SSSR count). The fraction of sp³-hybridized carbons (Fsp3) is 0.588. The van der Waals surface area contributed by atoms with Gasteiger partial charge in [0.05, 0.1) is 24.1 Å². The quantitative estimate of drug-likeness (QED) is 0.582. The molecule has 3 heterocycles. The Morgan fingerprint density at radius 1 is 1.23 bits per heavy atom. The van der Waals surface area contributed by atoms with E-state index >= 15 is 0 Å². The highest BCUT2D eigenvalue weighted by Gasteiger charge is 2.27. The Morgan fingerprint density at radius 2 is 1.88 bits per heavy atom. The molecule has 1 aliphatic heterocycles. The largest absolute Gasteiger partial charge is 0.393 e. The van der Waals surface area contributed by atoms with Crippen molar-refractivity contribution in [1.29, 1.82) is 0 Å². The number of azo groups is 1. The number of hydrogen-bond acceptors (Lipinski definition) is 8. The minimum Gasteiger partial charge on any atom is -0.393 e. The third-order valence-electron chi connectivity index (χ3n) is 4.20. The number of rotatable bonds is 3. The maximum atomic E-state index is 9.72. The number of aryl methyl sites for hydroxylation is 1. The van der Waals surface area contributed by atoms with Crippen LogP contribution in [0.1, 0.15) is 45.0 Å². The van der Waals surface area contributed by atoms with E-state index in [1.54, 1.807) is 6.92 Å². The lowest BCUT2D eigenvalue weighted by Gasteiger charge is -2.29. The topological polar surface area (TPSA) is 78.3 Å². The van der Waals surface area contributed by atoms with Crippen LogP contribution >= 0.6 is 22.9 Å². The molecule has 0 amide bonds. The second-order valence-electron chi connectivity index (χ2n) is 7.35. The Morgan fingerprint density at radius 3 is 2.50 bits per heavy atom. The first-order valence-corrected chi connectivity index (χ1v) is 10.1. The van der Waals surface area contributed by atoms with Crippen molar-refractivity contribution < 1.29 is 5.11 Å². The Balaban J connectivity index is 1.92. The monoisotopic (exact) mass is 390 g/mol. The minimum absolute atomic E-state index is 0.162. The molecule has 0 radical (unpaired) electrons. The van der Waals surface area contributed by atoms with Gasteiger partial charge in [0.1, 0.15) is 0 Å². The van der Waals surface area contributed by atoms with Crippen LogP contribution in [0.4, 0.5) is 20.8 Å². The molecular formula is C17H22N6OS2. The summed E-state index contributed by atoms with van der Waals surface area (Å²) in [5.41, 5.74) is 1.89. The van der Waals surface area contributed by atoms with Gasteiger partial charge in [-0.3, -0.25) is 0 Å². The SMILES string of the molecule is [C-]#[N+]c1c(C)nsc1/N=N/c1sc(N2CCC(O)CC2)nc1C(C)(C)C. The first-order valence-electron chi connectivity index (χ1n) is 8.49. The van der Waals surface area contributed by atoms with Gasteiger partial charge in [0.2, 0.25) is 5.69 Å². The smallest absolute Gasteiger partial charge is 0.247 e. The zero-order valence-corrected chi connectivity index (χ0v) is 17.0. The fourth-order valence-electron chi connectivity index (χ4n) is 2.69. The lowest BCUT2D eigenvalue weighted by Crippen LogP contribution is -2.35. The van der Waals surface area contributed by atoms with Gasteiger partial charge in [0, 0.05) is 18.5 Å². The maximum Gasteiger partial charge on any atom is 0.247 e. The van der Waals surface area contributed by atoms with Gasteiger partial charge < -0.3 is 10.0 Å². The second kappa shape index (κ2) is 7.39. The van der Waals surface area contributed by atoms with Crippen LogP contribution in [0.2, 0.25) is 0 Å². The Kier molecular flexibility index (Phi) is 5.37. The summed E-state index contributed by atoms with van der Waals surface area (Å²) in [6, 6.07) is 0. The summed E-state index contributed by atoms with van der Waals surface area (Å²) in [6.45, 7) is 17.0. The first-order chi connectivity index (χ1) is 12.3. The van der Waals surface area contributed by atoms with Crippen LogP contribution < -0.4 is 4.90 Å². The number of anilines is 1. The highest BCUT2D eigenvalue weighted by molar-refractivity contribution is 7.19. The van der Waals surface area contributed by atoms with E-state index in [1.807, 2.05) is 0 Å². The summed E-state index contributed by atoms with van der Waals surface area (Å²) in [6.07, 6.45) is 1.31. The molecule has 0 bridgehead atoms. The van der Waals surface area contributed by atoms with Crippen molar-refractivity contribution >= 4 is 43.7 Å². The minimum atomic E-state index is -0.214. The van der Waals surface area contributed by atoms with Crippen molar-refractivity contribution in [2.24, 2.45) is 10.2 Å². The predicted molar refractivity (Wildman–Crippen MR) is 106 cm³/mol. The number of aliphatic hydroxyl groups excluding tert-OH is 1. The molecule has 7 nitrogen and oxygen atoms in total. The number of piperidine rings is 1. The molecule has 0 saturated carbocycles. The third-order valence-corrected chi connectivity index (χ3v) is 6.01. The molecule has 0 atom stereocenters.